The predicted molar refractivity (Wildman–Crippen MR) is 114 cm³/mol. The molecule has 3 rings (SSSR count). The Bertz CT molecular complexity index is 1190. The van der Waals surface area contributed by atoms with Crippen LogP contribution in [0.15, 0.2) is 38.5 Å². The number of nitriles is 1. The molecular weight excluding hydrogens is 485 g/mol. The highest BCUT2D eigenvalue weighted by Crippen LogP contribution is 2.33. The monoisotopic (exact) mass is 499 g/mol. The van der Waals surface area contributed by atoms with E-state index in [1.54, 1.807) is 0 Å². The van der Waals surface area contributed by atoms with Gasteiger partial charge in [0.2, 0.25) is 5.75 Å². The Morgan fingerprint density at radius 1 is 1.28 bits per heavy atom. The fourth-order valence-electron chi connectivity index (χ4n) is 2.27. The van der Waals surface area contributed by atoms with Crippen molar-refractivity contribution in [1.82, 2.24) is 19.3 Å². The molecule has 1 N–H and O–H groups in total. The second-order valence-electron chi connectivity index (χ2n) is 5.45. The average molecular weight is 501 g/mol. The lowest BCUT2D eigenvalue weighted by molar-refractivity contribution is 0.466. The summed E-state index contributed by atoms with van der Waals surface area (Å²) in [5, 5.41) is 15.6. The fraction of sp³-hybridized carbons (Fsp3) is 0.222. The van der Waals surface area contributed by atoms with Gasteiger partial charge in [0, 0.05) is 18.3 Å². The molecule has 8 nitrogen and oxygen atoms in total. The molecule has 0 saturated carbocycles. The van der Waals surface area contributed by atoms with Gasteiger partial charge in [-0.1, -0.05) is 37.0 Å². The molecule has 0 bridgehead atoms. The van der Waals surface area contributed by atoms with Gasteiger partial charge in [0.25, 0.3) is 5.56 Å². The van der Waals surface area contributed by atoms with Gasteiger partial charge in [-0.15, -0.1) is 0 Å². The molecule has 0 atom stereocenters. The van der Waals surface area contributed by atoms with Crippen molar-refractivity contribution in [2.24, 2.45) is 7.05 Å². The quantitative estimate of drug-likeness (QED) is 0.581. The minimum absolute atomic E-state index is 0.0131. The van der Waals surface area contributed by atoms with Crippen molar-refractivity contribution in [2.45, 2.75) is 20.4 Å². The van der Waals surface area contributed by atoms with Gasteiger partial charge in [0.15, 0.2) is 5.82 Å². The Hall–Kier alpha value is -2.54. The largest absolute Gasteiger partial charge is 0.450 e. The van der Waals surface area contributed by atoms with Crippen LogP contribution in [-0.4, -0.2) is 19.3 Å². The zero-order valence-corrected chi connectivity index (χ0v) is 18.8. The average Bonchev–Trinajstić information content (AvgIpc) is 3.02. The molecule has 11 heteroatoms. The van der Waals surface area contributed by atoms with Crippen LogP contribution < -0.4 is 16.0 Å². The van der Waals surface area contributed by atoms with Crippen LogP contribution in [0, 0.1) is 11.3 Å². The van der Waals surface area contributed by atoms with Crippen LogP contribution in [0.2, 0.25) is 10.0 Å². The Kier molecular flexibility index (Phi) is 7.67. The normalized spacial score (nSPS) is 10.1. The number of ether oxygens (including phenoxy) is 1. The fourth-order valence-corrected chi connectivity index (χ4v) is 3.09. The molecule has 0 spiro atoms. The highest BCUT2D eigenvalue weighted by atomic mass is 79.9. The van der Waals surface area contributed by atoms with Crippen molar-refractivity contribution in [3.8, 4) is 17.6 Å². The summed E-state index contributed by atoms with van der Waals surface area (Å²) >= 11 is 15.5. The Morgan fingerprint density at radius 3 is 2.55 bits per heavy atom. The van der Waals surface area contributed by atoms with Gasteiger partial charge in [0.05, 0.1) is 22.7 Å². The summed E-state index contributed by atoms with van der Waals surface area (Å²) in [4.78, 5) is 24.3. The third-order valence-corrected chi connectivity index (χ3v) is 5.06. The highest BCUT2D eigenvalue weighted by Gasteiger charge is 2.17. The number of halogens is 3. The number of hydrogen-bond acceptors (Lipinski definition) is 5. The number of aromatic nitrogens is 4. The number of aromatic amines is 1. The van der Waals surface area contributed by atoms with E-state index in [0.717, 1.165) is 0 Å². The van der Waals surface area contributed by atoms with E-state index in [4.69, 9.17) is 33.2 Å². The predicted octanol–water partition coefficient (Wildman–Crippen LogP) is 4.08. The lowest BCUT2D eigenvalue weighted by Gasteiger charge is -2.12. The number of pyridine rings is 1. The van der Waals surface area contributed by atoms with Crippen molar-refractivity contribution in [1.29, 1.82) is 5.26 Å². The summed E-state index contributed by atoms with van der Waals surface area (Å²) in [6.07, 6.45) is 1.47. The first-order valence-electron chi connectivity index (χ1n) is 8.37. The minimum atomic E-state index is -0.544. The molecule has 0 unspecified atom stereocenters. The van der Waals surface area contributed by atoms with E-state index in [1.807, 2.05) is 19.9 Å². The summed E-state index contributed by atoms with van der Waals surface area (Å²) in [6, 6.07) is 6.31. The summed E-state index contributed by atoms with van der Waals surface area (Å²) in [7, 11) is 1.53. The highest BCUT2D eigenvalue weighted by molar-refractivity contribution is 9.10. The molecule has 0 fully saturated rings. The third-order valence-electron chi connectivity index (χ3n) is 3.64. The lowest BCUT2D eigenvalue weighted by Crippen LogP contribution is -2.24. The molecule has 0 saturated heterocycles. The summed E-state index contributed by atoms with van der Waals surface area (Å²) in [6.45, 7) is 4.01. The lowest BCUT2D eigenvalue weighted by atomic mass is 10.2. The van der Waals surface area contributed by atoms with Crippen molar-refractivity contribution in [3.63, 3.8) is 0 Å². The zero-order chi connectivity index (χ0) is 21.7. The van der Waals surface area contributed by atoms with E-state index in [1.165, 1.54) is 40.6 Å². The minimum Gasteiger partial charge on any atom is -0.450 e. The Balaban J connectivity index is 0.00000145. The second kappa shape index (κ2) is 9.78. The first-order chi connectivity index (χ1) is 13.8. The van der Waals surface area contributed by atoms with Gasteiger partial charge < -0.3 is 9.30 Å². The first kappa shape index (κ1) is 22.7. The maximum Gasteiger partial charge on any atom is 0.343 e. The summed E-state index contributed by atoms with van der Waals surface area (Å²) < 4.78 is 8.61. The van der Waals surface area contributed by atoms with Gasteiger partial charge >= 0.3 is 5.69 Å². The van der Waals surface area contributed by atoms with Crippen molar-refractivity contribution in [3.05, 3.63) is 71.1 Å². The molecule has 0 amide bonds. The Morgan fingerprint density at radius 2 is 1.97 bits per heavy atom. The van der Waals surface area contributed by atoms with Crippen LogP contribution in [0.1, 0.15) is 25.2 Å². The van der Waals surface area contributed by atoms with Gasteiger partial charge in [0.1, 0.15) is 10.8 Å². The number of H-pyrrole nitrogens is 1. The smallest absolute Gasteiger partial charge is 0.343 e. The molecule has 0 aliphatic rings. The van der Waals surface area contributed by atoms with Crippen molar-refractivity contribution in [2.75, 3.05) is 0 Å². The van der Waals surface area contributed by atoms with E-state index < -0.39 is 11.2 Å². The molecular formula is C18H16BrCl2N5O3. The molecule has 1 aromatic carbocycles. The van der Waals surface area contributed by atoms with E-state index in [0.29, 0.717) is 10.3 Å². The van der Waals surface area contributed by atoms with E-state index in [-0.39, 0.29) is 33.7 Å². The van der Waals surface area contributed by atoms with Crippen LogP contribution in [0.3, 0.4) is 0 Å². The van der Waals surface area contributed by atoms with Crippen LogP contribution in [0.4, 0.5) is 0 Å². The van der Waals surface area contributed by atoms with E-state index in [2.05, 4.69) is 26.1 Å². The molecule has 29 heavy (non-hydrogen) atoms. The molecule has 0 radical (unpaired) electrons. The van der Waals surface area contributed by atoms with Gasteiger partial charge in [-0.05, 0) is 34.1 Å². The third kappa shape index (κ3) is 5.09. The van der Waals surface area contributed by atoms with E-state index >= 15 is 0 Å². The number of nitrogens with zero attached hydrogens (tertiary/aromatic N) is 4. The Labute approximate surface area is 184 Å². The van der Waals surface area contributed by atoms with Crippen LogP contribution in [0.5, 0.6) is 11.5 Å². The number of hydrogen-bond donors (Lipinski definition) is 1. The molecule has 2 heterocycles. The maximum absolute atomic E-state index is 12.8. The molecule has 3 aromatic rings. The van der Waals surface area contributed by atoms with Crippen LogP contribution >= 0.6 is 39.1 Å². The molecule has 0 aliphatic heterocycles. The van der Waals surface area contributed by atoms with E-state index in [9.17, 15) is 9.59 Å². The van der Waals surface area contributed by atoms with Crippen LogP contribution in [-0.2, 0) is 13.6 Å². The second-order valence-corrected chi connectivity index (χ2v) is 7.12. The molecule has 0 aliphatic carbocycles. The standard InChI is InChI=1S/C16H10BrCl2N5O3.C2H6/c1-23-12(21-22-16(23)26)7-24-6-11(17)13(19)14(15(24)25)27-10-3-8(5-20)2-9(18)4-10;1-2/h2-4,6H,7H2,1H3,(H,22,26);1-2H3. The van der Waals surface area contributed by atoms with Gasteiger partial charge in [-0.3, -0.25) is 9.36 Å². The number of rotatable bonds is 4. The van der Waals surface area contributed by atoms with Crippen molar-refractivity contribution < 1.29 is 4.74 Å². The molecule has 152 valence electrons. The SMILES string of the molecule is CC.Cn1c(Cn2cc(Br)c(Cl)c(Oc3cc(Cl)cc(C#N)c3)c2=O)n[nH]c1=O. The zero-order valence-electron chi connectivity index (χ0n) is 15.7. The maximum atomic E-state index is 12.8. The summed E-state index contributed by atoms with van der Waals surface area (Å²) in [5.74, 6) is 0.379. The first-order valence-corrected chi connectivity index (χ1v) is 9.92. The number of nitrogens with one attached hydrogen (secondary N) is 1. The topological polar surface area (TPSA) is 106 Å². The number of benzene rings is 1. The van der Waals surface area contributed by atoms with Crippen LogP contribution in [0.25, 0.3) is 0 Å². The molecule has 2 aromatic heterocycles. The van der Waals surface area contributed by atoms with Crippen molar-refractivity contribution >= 4 is 39.1 Å². The summed E-state index contributed by atoms with van der Waals surface area (Å²) in [5.41, 5.74) is -0.668. The van der Waals surface area contributed by atoms with Gasteiger partial charge in [-0.25, -0.2) is 9.89 Å². The van der Waals surface area contributed by atoms with Gasteiger partial charge in [-0.2, -0.15) is 10.4 Å².